The van der Waals surface area contributed by atoms with Crippen molar-refractivity contribution in [2.24, 2.45) is 5.73 Å². The van der Waals surface area contributed by atoms with Gasteiger partial charge in [0, 0.05) is 17.5 Å². The van der Waals surface area contributed by atoms with E-state index in [0.717, 1.165) is 11.3 Å². The van der Waals surface area contributed by atoms with E-state index < -0.39 is 0 Å². The summed E-state index contributed by atoms with van der Waals surface area (Å²) in [6.45, 7) is 4.16. The van der Waals surface area contributed by atoms with Crippen molar-refractivity contribution < 1.29 is 4.79 Å². The molecule has 3 N–H and O–H groups in total. The van der Waals surface area contributed by atoms with Crippen LogP contribution in [0.3, 0.4) is 0 Å². The van der Waals surface area contributed by atoms with Gasteiger partial charge in [-0.15, -0.1) is 11.3 Å². The SMILES string of the molecule is Cc1cc(C)cc(Cc2cnc(NC(=O)CN)s2)c1. The van der Waals surface area contributed by atoms with Gasteiger partial charge in [-0.1, -0.05) is 29.3 Å². The minimum absolute atomic E-state index is 0.0218. The number of nitrogens with two attached hydrogens (primary N) is 1. The maximum atomic E-state index is 11.2. The Labute approximate surface area is 116 Å². The third-order valence-electron chi connectivity index (χ3n) is 2.65. The van der Waals surface area contributed by atoms with Gasteiger partial charge < -0.3 is 11.1 Å². The second-order valence-electron chi connectivity index (χ2n) is 4.56. The first-order chi connectivity index (χ1) is 9.06. The number of amides is 1. The fourth-order valence-electron chi connectivity index (χ4n) is 1.99. The molecule has 0 saturated carbocycles. The number of anilines is 1. The van der Waals surface area contributed by atoms with Gasteiger partial charge in [0.25, 0.3) is 0 Å². The van der Waals surface area contributed by atoms with Crippen LogP contribution >= 0.6 is 11.3 Å². The number of hydrogen-bond acceptors (Lipinski definition) is 4. The van der Waals surface area contributed by atoms with Crippen molar-refractivity contribution in [3.63, 3.8) is 0 Å². The molecular formula is C14H17N3OS. The third-order valence-corrected chi connectivity index (χ3v) is 3.56. The average molecular weight is 275 g/mol. The highest BCUT2D eigenvalue weighted by molar-refractivity contribution is 7.15. The lowest BCUT2D eigenvalue weighted by Crippen LogP contribution is -2.21. The Morgan fingerprint density at radius 3 is 2.63 bits per heavy atom. The molecule has 0 atom stereocenters. The summed E-state index contributed by atoms with van der Waals surface area (Å²) in [7, 11) is 0. The Morgan fingerprint density at radius 1 is 1.32 bits per heavy atom. The molecule has 19 heavy (non-hydrogen) atoms. The largest absolute Gasteiger partial charge is 0.322 e. The van der Waals surface area contributed by atoms with Crippen LogP contribution in [0.1, 0.15) is 21.6 Å². The van der Waals surface area contributed by atoms with Gasteiger partial charge >= 0.3 is 0 Å². The fraction of sp³-hybridized carbons (Fsp3) is 0.286. The second kappa shape index (κ2) is 5.95. The predicted octanol–water partition coefficient (Wildman–Crippen LogP) is 2.25. The van der Waals surface area contributed by atoms with Crippen LogP contribution in [0.2, 0.25) is 0 Å². The molecule has 0 aliphatic heterocycles. The molecule has 0 aliphatic rings. The van der Waals surface area contributed by atoms with E-state index in [9.17, 15) is 4.79 Å². The van der Waals surface area contributed by atoms with Gasteiger partial charge in [-0.2, -0.15) is 0 Å². The van der Waals surface area contributed by atoms with Crippen molar-refractivity contribution in [2.45, 2.75) is 20.3 Å². The number of nitrogens with one attached hydrogen (secondary N) is 1. The zero-order valence-electron chi connectivity index (χ0n) is 11.1. The first kappa shape index (κ1) is 13.7. The van der Waals surface area contributed by atoms with Crippen molar-refractivity contribution >= 4 is 22.4 Å². The van der Waals surface area contributed by atoms with E-state index >= 15 is 0 Å². The topological polar surface area (TPSA) is 68.0 Å². The van der Waals surface area contributed by atoms with E-state index in [1.54, 1.807) is 6.20 Å². The number of hydrogen-bond donors (Lipinski definition) is 2. The molecule has 1 heterocycles. The molecule has 1 amide bonds. The number of benzene rings is 1. The summed E-state index contributed by atoms with van der Waals surface area (Å²) in [4.78, 5) is 16.5. The summed E-state index contributed by atoms with van der Waals surface area (Å²) >= 11 is 1.48. The molecule has 100 valence electrons. The third kappa shape index (κ3) is 3.87. The van der Waals surface area contributed by atoms with E-state index in [0.29, 0.717) is 5.13 Å². The van der Waals surface area contributed by atoms with Gasteiger partial charge in [0.2, 0.25) is 5.91 Å². The highest BCUT2D eigenvalue weighted by Crippen LogP contribution is 2.22. The Bertz CT molecular complexity index is 572. The zero-order valence-corrected chi connectivity index (χ0v) is 11.9. The number of aromatic nitrogens is 1. The molecule has 2 rings (SSSR count). The van der Waals surface area contributed by atoms with Crippen molar-refractivity contribution in [3.05, 3.63) is 46.0 Å². The molecule has 1 aromatic heterocycles. The molecular weight excluding hydrogens is 258 g/mol. The van der Waals surface area contributed by atoms with Gasteiger partial charge in [-0.3, -0.25) is 4.79 Å². The van der Waals surface area contributed by atoms with E-state index in [1.807, 2.05) is 0 Å². The van der Waals surface area contributed by atoms with Crippen molar-refractivity contribution in [1.29, 1.82) is 0 Å². The molecule has 5 heteroatoms. The lowest BCUT2D eigenvalue weighted by molar-refractivity contribution is -0.114. The first-order valence-corrected chi connectivity index (χ1v) is 6.90. The summed E-state index contributed by atoms with van der Waals surface area (Å²) in [6, 6.07) is 6.50. The minimum Gasteiger partial charge on any atom is -0.322 e. The molecule has 0 aliphatic carbocycles. The molecule has 0 saturated heterocycles. The quantitative estimate of drug-likeness (QED) is 0.899. The molecule has 0 spiro atoms. The summed E-state index contributed by atoms with van der Waals surface area (Å²) < 4.78 is 0. The zero-order chi connectivity index (χ0) is 13.8. The lowest BCUT2D eigenvalue weighted by atomic mass is 10.0. The molecule has 0 unspecified atom stereocenters. The second-order valence-corrected chi connectivity index (χ2v) is 5.67. The van der Waals surface area contributed by atoms with Crippen LogP contribution in [-0.2, 0) is 11.2 Å². The first-order valence-electron chi connectivity index (χ1n) is 6.08. The Morgan fingerprint density at radius 2 is 2.00 bits per heavy atom. The summed E-state index contributed by atoms with van der Waals surface area (Å²) in [5.41, 5.74) is 9.03. The Balaban J connectivity index is 2.09. The Hall–Kier alpha value is -1.72. The molecule has 4 nitrogen and oxygen atoms in total. The Kier molecular flexibility index (Phi) is 4.29. The van der Waals surface area contributed by atoms with Crippen LogP contribution in [0.5, 0.6) is 0 Å². The van der Waals surface area contributed by atoms with Crippen molar-refractivity contribution in [3.8, 4) is 0 Å². The molecule has 1 aromatic carbocycles. The van der Waals surface area contributed by atoms with Gasteiger partial charge in [0.15, 0.2) is 5.13 Å². The fourth-order valence-corrected chi connectivity index (χ4v) is 2.85. The summed E-state index contributed by atoms with van der Waals surface area (Å²) in [6.07, 6.45) is 2.63. The molecule has 0 bridgehead atoms. The smallest absolute Gasteiger partial charge is 0.239 e. The maximum Gasteiger partial charge on any atom is 0.239 e. The van der Waals surface area contributed by atoms with Crippen molar-refractivity contribution in [2.75, 3.05) is 11.9 Å². The van der Waals surface area contributed by atoms with E-state index in [2.05, 4.69) is 42.3 Å². The van der Waals surface area contributed by atoms with Crippen LogP contribution in [0.25, 0.3) is 0 Å². The number of nitrogens with zero attached hydrogens (tertiary/aromatic N) is 1. The van der Waals surface area contributed by atoms with E-state index in [4.69, 9.17) is 5.73 Å². The highest BCUT2D eigenvalue weighted by atomic mass is 32.1. The van der Waals surface area contributed by atoms with Gasteiger partial charge in [-0.05, 0) is 19.4 Å². The van der Waals surface area contributed by atoms with Crippen LogP contribution in [0, 0.1) is 13.8 Å². The number of thiazole rings is 1. The van der Waals surface area contributed by atoms with Gasteiger partial charge in [0.1, 0.15) is 0 Å². The molecule has 0 radical (unpaired) electrons. The predicted molar refractivity (Wildman–Crippen MR) is 78.5 cm³/mol. The summed E-state index contributed by atoms with van der Waals surface area (Å²) in [5.74, 6) is -0.215. The van der Waals surface area contributed by atoms with Gasteiger partial charge in [0.05, 0.1) is 6.54 Å². The maximum absolute atomic E-state index is 11.2. The summed E-state index contributed by atoms with van der Waals surface area (Å²) in [5, 5.41) is 3.27. The number of rotatable bonds is 4. The number of aryl methyl sites for hydroxylation is 2. The van der Waals surface area contributed by atoms with Crippen LogP contribution in [0.4, 0.5) is 5.13 Å². The molecule has 2 aromatic rings. The monoisotopic (exact) mass is 275 g/mol. The van der Waals surface area contributed by atoms with Gasteiger partial charge in [-0.25, -0.2) is 4.98 Å². The molecule has 0 fully saturated rings. The van der Waals surface area contributed by atoms with E-state index in [-0.39, 0.29) is 12.5 Å². The van der Waals surface area contributed by atoms with Crippen molar-refractivity contribution in [1.82, 2.24) is 4.98 Å². The van der Waals surface area contributed by atoms with Crippen LogP contribution < -0.4 is 11.1 Å². The average Bonchev–Trinajstić information content (AvgIpc) is 2.74. The van der Waals surface area contributed by atoms with Crippen LogP contribution in [0.15, 0.2) is 24.4 Å². The highest BCUT2D eigenvalue weighted by Gasteiger charge is 2.06. The minimum atomic E-state index is -0.215. The number of carbonyl (C=O) groups excluding carboxylic acids is 1. The number of carbonyl (C=O) groups is 1. The van der Waals surface area contributed by atoms with E-state index in [1.165, 1.54) is 28.0 Å². The van der Waals surface area contributed by atoms with Crippen LogP contribution in [-0.4, -0.2) is 17.4 Å². The standard InChI is InChI=1S/C14H17N3OS/c1-9-3-10(2)5-11(4-9)6-12-8-16-14(19-12)17-13(18)7-15/h3-5,8H,6-7,15H2,1-2H3,(H,16,17,18). The normalized spacial score (nSPS) is 10.5. The lowest BCUT2D eigenvalue weighted by Gasteiger charge is -2.03.